The molecule has 1 saturated carbocycles. The Labute approximate surface area is 76.2 Å². The zero-order valence-corrected chi connectivity index (χ0v) is 8.23. The normalized spacial score (nSPS) is 19.1. The van der Waals surface area contributed by atoms with Gasteiger partial charge in [-0.05, 0) is 25.2 Å². The fourth-order valence-electron chi connectivity index (χ4n) is 1.80. The van der Waals surface area contributed by atoms with Crippen molar-refractivity contribution in [3.8, 4) is 0 Å². The molecule has 1 nitrogen and oxygen atoms in total. The SMILES string of the molecule is C=C(CC)NCC1CCCCC1. The molecule has 0 aromatic carbocycles. The van der Waals surface area contributed by atoms with E-state index in [9.17, 15) is 0 Å². The van der Waals surface area contributed by atoms with Crippen LogP contribution in [0.15, 0.2) is 12.3 Å². The smallest absolute Gasteiger partial charge is 0.0172 e. The Bertz CT molecular complexity index is 134. The van der Waals surface area contributed by atoms with Gasteiger partial charge in [0.25, 0.3) is 0 Å². The average molecular weight is 167 g/mol. The minimum Gasteiger partial charge on any atom is -0.389 e. The molecule has 1 N–H and O–H groups in total. The Balaban J connectivity index is 2.09. The van der Waals surface area contributed by atoms with E-state index in [1.165, 1.54) is 37.8 Å². The van der Waals surface area contributed by atoms with Crippen LogP contribution in [0.2, 0.25) is 0 Å². The van der Waals surface area contributed by atoms with Crippen molar-refractivity contribution in [1.29, 1.82) is 0 Å². The average Bonchev–Trinajstić information content (AvgIpc) is 2.16. The topological polar surface area (TPSA) is 12.0 Å². The van der Waals surface area contributed by atoms with E-state index >= 15 is 0 Å². The minimum absolute atomic E-state index is 0.919. The van der Waals surface area contributed by atoms with Gasteiger partial charge in [0.05, 0.1) is 0 Å². The van der Waals surface area contributed by atoms with Crippen LogP contribution in [0.25, 0.3) is 0 Å². The zero-order chi connectivity index (χ0) is 8.81. The van der Waals surface area contributed by atoms with Crippen molar-refractivity contribution in [2.24, 2.45) is 5.92 Å². The fraction of sp³-hybridized carbons (Fsp3) is 0.818. The number of hydrogen-bond acceptors (Lipinski definition) is 1. The Morgan fingerprint density at radius 2 is 2.00 bits per heavy atom. The van der Waals surface area contributed by atoms with Gasteiger partial charge in [0.2, 0.25) is 0 Å². The van der Waals surface area contributed by atoms with E-state index < -0.39 is 0 Å². The van der Waals surface area contributed by atoms with Gasteiger partial charge in [-0.2, -0.15) is 0 Å². The summed E-state index contributed by atoms with van der Waals surface area (Å²) in [6.45, 7) is 7.25. The molecular weight excluding hydrogens is 146 g/mol. The van der Waals surface area contributed by atoms with Crippen molar-refractivity contribution < 1.29 is 0 Å². The summed E-state index contributed by atoms with van der Waals surface area (Å²) in [5.74, 6) is 0.919. The molecular formula is C11H21N. The van der Waals surface area contributed by atoms with Crippen LogP contribution in [0.1, 0.15) is 45.4 Å². The van der Waals surface area contributed by atoms with Gasteiger partial charge in [-0.3, -0.25) is 0 Å². The lowest BCUT2D eigenvalue weighted by molar-refractivity contribution is 0.350. The highest BCUT2D eigenvalue weighted by Gasteiger charge is 2.12. The molecule has 0 aromatic heterocycles. The molecule has 1 heteroatoms. The van der Waals surface area contributed by atoms with E-state index in [1.807, 2.05) is 0 Å². The standard InChI is InChI=1S/C11H21N/c1-3-10(2)12-9-11-7-5-4-6-8-11/h11-12H,2-9H2,1H3. The van der Waals surface area contributed by atoms with E-state index in [4.69, 9.17) is 0 Å². The van der Waals surface area contributed by atoms with Crippen molar-refractivity contribution in [2.45, 2.75) is 45.4 Å². The minimum atomic E-state index is 0.919. The predicted molar refractivity (Wildman–Crippen MR) is 54.0 cm³/mol. The van der Waals surface area contributed by atoms with Crippen LogP contribution in [0, 0.1) is 5.92 Å². The zero-order valence-electron chi connectivity index (χ0n) is 8.23. The molecule has 70 valence electrons. The molecule has 0 bridgehead atoms. The highest BCUT2D eigenvalue weighted by Crippen LogP contribution is 2.22. The van der Waals surface area contributed by atoms with Crippen molar-refractivity contribution >= 4 is 0 Å². The molecule has 0 atom stereocenters. The molecule has 0 unspecified atom stereocenters. The molecule has 0 aliphatic heterocycles. The molecule has 1 fully saturated rings. The second-order valence-corrected chi connectivity index (χ2v) is 3.84. The van der Waals surface area contributed by atoms with E-state index in [0.717, 1.165) is 18.9 Å². The lowest BCUT2D eigenvalue weighted by Gasteiger charge is -2.22. The lowest BCUT2D eigenvalue weighted by Crippen LogP contribution is -2.23. The van der Waals surface area contributed by atoms with Crippen LogP contribution in [0.3, 0.4) is 0 Å². The van der Waals surface area contributed by atoms with Crippen molar-refractivity contribution in [2.75, 3.05) is 6.54 Å². The van der Waals surface area contributed by atoms with Crippen LogP contribution in [0.5, 0.6) is 0 Å². The van der Waals surface area contributed by atoms with Crippen molar-refractivity contribution in [1.82, 2.24) is 5.32 Å². The quantitative estimate of drug-likeness (QED) is 0.678. The maximum atomic E-state index is 3.95. The fourth-order valence-corrected chi connectivity index (χ4v) is 1.80. The van der Waals surface area contributed by atoms with Gasteiger partial charge in [-0.15, -0.1) is 0 Å². The first-order chi connectivity index (χ1) is 5.83. The summed E-state index contributed by atoms with van der Waals surface area (Å²) < 4.78 is 0. The van der Waals surface area contributed by atoms with Gasteiger partial charge in [0.15, 0.2) is 0 Å². The van der Waals surface area contributed by atoms with Gasteiger partial charge in [-0.1, -0.05) is 32.8 Å². The largest absolute Gasteiger partial charge is 0.389 e. The number of rotatable bonds is 4. The summed E-state index contributed by atoms with van der Waals surface area (Å²) in [5, 5.41) is 3.41. The molecule has 0 radical (unpaired) electrons. The monoisotopic (exact) mass is 167 g/mol. The third kappa shape index (κ3) is 3.29. The Hall–Kier alpha value is -0.460. The van der Waals surface area contributed by atoms with Gasteiger partial charge in [0.1, 0.15) is 0 Å². The molecule has 0 aromatic rings. The van der Waals surface area contributed by atoms with E-state index in [0.29, 0.717) is 0 Å². The highest BCUT2D eigenvalue weighted by atomic mass is 14.9. The Morgan fingerprint density at radius 1 is 1.33 bits per heavy atom. The first-order valence-corrected chi connectivity index (χ1v) is 5.24. The van der Waals surface area contributed by atoms with Crippen LogP contribution in [0.4, 0.5) is 0 Å². The summed E-state index contributed by atoms with van der Waals surface area (Å²) in [6, 6.07) is 0. The van der Waals surface area contributed by atoms with Crippen molar-refractivity contribution in [3.63, 3.8) is 0 Å². The van der Waals surface area contributed by atoms with Crippen LogP contribution in [-0.4, -0.2) is 6.54 Å². The van der Waals surface area contributed by atoms with Gasteiger partial charge in [0, 0.05) is 12.2 Å². The lowest BCUT2D eigenvalue weighted by atomic mass is 9.89. The number of allylic oxidation sites excluding steroid dienone is 1. The highest BCUT2D eigenvalue weighted by molar-refractivity contribution is 4.89. The summed E-state index contributed by atoms with van der Waals surface area (Å²) >= 11 is 0. The van der Waals surface area contributed by atoms with E-state index in [1.54, 1.807) is 0 Å². The second-order valence-electron chi connectivity index (χ2n) is 3.84. The van der Waals surface area contributed by atoms with E-state index in [2.05, 4.69) is 18.8 Å². The molecule has 0 amide bonds. The number of hydrogen-bond donors (Lipinski definition) is 1. The predicted octanol–water partition coefficient (Wildman–Crippen LogP) is 3.08. The molecule has 1 aliphatic rings. The molecule has 1 rings (SSSR count). The molecule has 1 aliphatic carbocycles. The molecule has 0 spiro atoms. The third-order valence-corrected chi connectivity index (χ3v) is 2.79. The summed E-state index contributed by atoms with van der Waals surface area (Å²) in [5.41, 5.74) is 1.19. The Kier molecular flexibility index (Phi) is 4.20. The van der Waals surface area contributed by atoms with Gasteiger partial charge >= 0.3 is 0 Å². The molecule has 12 heavy (non-hydrogen) atoms. The summed E-state index contributed by atoms with van der Waals surface area (Å²) in [7, 11) is 0. The van der Waals surface area contributed by atoms with Crippen molar-refractivity contribution in [3.05, 3.63) is 12.3 Å². The third-order valence-electron chi connectivity index (χ3n) is 2.79. The first kappa shape index (κ1) is 9.63. The Morgan fingerprint density at radius 3 is 2.58 bits per heavy atom. The first-order valence-electron chi connectivity index (χ1n) is 5.24. The maximum Gasteiger partial charge on any atom is 0.0172 e. The summed E-state index contributed by atoms with van der Waals surface area (Å²) in [4.78, 5) is 0. The van der Waals surface area contributed by atoms with Crippen LogP contribution >= 0.6 is 0 Å². The van der Waals surface area contributed by atoms with Crippen LogP contribution < -0.4 is 5.32 Å². The van der Waals surface area contributed by atoms with Crippen LogP contribution in [-0.2, 0) is 0 Å². The summed E-state index contributed by atoms with van der Waals surface area (Å²) in [6.07, 6.45) is 8.22. The van der Waals surface area contributed by atoms with E-state index in [-0.39, 0.29) is 0 Å². The maximum absolute atomic E-state index is 3.95. The molecule has 0 heterocycles. The molecule has 0 saturated heterocycles. The van der Waals surface area contributed by atoms with Gasteiger partial charge in [-0.25, -0.2) is 0 Å². The van der Waals surface area contributed by atoms with Gasteiger partial charge < -0.3 is 5.32 Å². The number of nitrogens with one attached hydrogen (secondary N) is 1. The second kappa shape index (κ2) is 5.23.